The van der Waals surface area contributed by atoms with Gasteiger partial charge in [0.25, 0.3) is 5.91 Å². The summed E-state index contributed by atoms with van der Waals surface area (Å²) >= 11 is 7.35. The number of hydrogen-bond donors (Lipinski definition) is 1. The van der Waals surface area contributed by atoms with Crippen molar-refractivity contribution in [3.8, 4) is 5.75 Å². The largest absolute Gasteiger partial charge is 0.495 e. The van der Waals surface area contributed by atoms with Gasteiger partial charge in [-0.15, -0.1) is 11.3 Å². The van der Waals surface area contributed by atoms with Crippen molar-refractivity contribution in [2.45, 2.75) is 0 Å². The molecule has 23 heavy (non-hydrogen) atoms. The van der Waals surface area contributed by atoms with E-state index in [2.05, 4.69) is 5.32 Å². The number of carbonyl (C=O) groups is 2. The molecule has 1 aliphatic rings. The number of anilines is 1. The smallest absolute Gasteiger partial charge is 0.263 e. The third-order valence-electron chi connectivity index (χ3n) is 3.69. The maximum atomic E-state index is 12.3. The maximum absolute atomic E-state index is 12.3. The Labute approximate surface area is 142 Å². The zero-order valence-corrected chi connectivity index (χ0v) is 14.0. The molecule has 0 bridgehead atoms. The molecule has 3 rings (SSSR count). The summed E-state index contributed by atoms with van der Waals surface area (Å²) in [6, 6.07) is 8.67. The van der Waals surface area contributed by atoms with Gasteiger partial charge in [-0.1, -0.05) is 17.7 Å². The summed E-state index contributed by atoms with van der Waals surface area (Å²) in [5, 5.41) is 5.20. The van der Waals surface area contributed by atoms with Crippen LogP contribution in [0.15, 0.2) is 35.7 Å². The van der Waals surface area contributed by atoms with Gasteiger partial charge in [-0.2, -0.15) is 0 Å². The first-order chi connectivity index (χ1) is 11.1. The first-order valence-corrected chi connectivity index (χ1v) is 8.31. The van der Waals surface area contributed by atoms with E-state index in [1.807, 2.05) is 11.4 Å². The molecule has 1 saturated heterocycles. The summed E-state index contributed by atoms with van der Waals surface area (Å²) < 4.78 is 5.20. The fourth-order valence-electron chi connectivity index (χ4n) is 2.38. The fraction of sp³-hybridized carbons (Fsp3) is 0.250. The second-order valence-electron chi connectivity index (χ2n) is 5.22. The Morgan fingerprint density at radius 2 is 2.13 bits per heavy atom. The van der Waals surface area contributed by atoms with Crippen LogP contribution in [-0.2, 0) is 4.79 Å². The minimum atomic E-state index is -0.220. The van der Waals surface area contributed by atoms with Crippen molar-refractivity contribution in [2.24, 2.45) is 5.92 Å². The molecule has 1 N–H and O–H groups in total. The van der Waals surface area contributed by atoms with Gasteiger partial charge in [-0.25, -0.2) is 0 Å². The molecule has 0 radical (unpaired) electrons. The first-order valence-electron chi connectivity index (χ1n) is 7.05. The summed E-state index contributed by atoms with van der Waals surface area (Å²) in [4.78, 5) is 26.8. The predicted molar refractivity (Wildman–Crippen MR) is 90.3 cm³/mol. The van der Waals surface area contributed by atoms with Crippen LogP contribution in [0, 0.1) is 5.92 Å². The summed E-state index contributed by atoms with van der Waals surface area (Å²) in [6.45, 7) is 0.844. The van der Waals surface area contributed by atoms with Gasteiger partial charge in [-0.05, 0) is 29.6 Å². The van der Waals surface area contributed by atoms with E-state index >= 15 is 0 Å². The normalized spacial score (nSPS) is 14.3. The highest BCUT2D eigenvalue weighted by Crippen LogP contribution is 2.29. The number of halogens is 1. The van der Waals surface area contributed by atoms with E-state index in [1.165, 1.54) is 18.4 Å². The minimum absolute atomic E-state index is 0.0237. The second-order valence-corrected chi connectivity index (χ2v) is 6.60. The molecule has 1 fully saturated rings. The summed E-state index contributed by atoms with van der Waals surface area (Å²) in [7, 11) is 1.53. The average molecular weight is 351 g/mol. The molecule has 1 aliphatic heterocycles. The number of nitrogens with one attached hydrogen (secondary N) is 1. The second kappa shape index (κ2) is 6.60. The molecule has 0 spiro atoms. The van der Waals surface area contributed by atoms with E-state index in [0.29, 0.717) is 34.4 Å². The van der Waals surface area contributed by atoms with Crippen molar-refractivity contribution in [3.63, 3.8) is 0 Å². The van der Waals surface area contributed by atoms with E-state index in [4.69, 9.17) is 16.3 Å². The summed E-state index contributed by atoms with van der Waals surface area (Å²) in [6.07, 6.45) is 0. The van der Waals surface area contributed by atoms with E-state index in [9.17, 15) is 9.59 Å². The number of methoxy groups -OCH3 is 1. The highest BCUT2D eigenvalue weighted by Gasteiger charge is 2.36. The van der Waals surface area contributed by atoms with E-state index in [1.54, 1.807) is 29.2 Å². The van der Waals surface area contributed by atoms with Crippen LogP contribution in [0.2, 0.25) is 5.02 Å². The molecule has 1 aromatic carbocycles. The molecule has 7 heteroatoms. The van der Waals surface area contributed by atoms with Crippen molar-refractivity contribution in [2.75, 3.05) is 25.5 Å². The van der Waals surface area contributed by atoms with Crippen LogP contribution in [-0.4, -0.2) is 36.9 Å². The van der Waals surface area contributed by atoms with Gasteiger partial charge in [-0.3, -0.25) is 9.59 Å². The molecule has 0 aliphatic carbocycles. The van der Waals surface area contributed by atoms with Crippen LogP contribution >= 0.6 is 22.9 Å². The van der Waals surface area contributed by atoms with Crippen molar-refractivity contribution in [3.05, 3.63) is 45.6 Å². The number of nitrogens with zero attached hydrogens (tertiary/aromatic N) is 1. The van der Waals surface area contributed by atoms with Gasteiger partial charge in [0.15, 0.2) is 0 Å². The Balaban J connectivity index is 1.59. The molecular weight excluding hydrogens is 336 g/mol. The molecule has 0 saturated carbocycles. The number of benzene rings is 1. The molecular formula is C16H15ClN2O3S. The molecule has 1 aromatic heterocycles. The number of likely N-dealkylation sites (tertiary alicyclic amines) is 1. The van der Waals surface area contributed by atoms with Gasteiger partial charge < -0.3 is 15.0 Å². The van der Waals surface area contributed by atoms with Crippen molar-refractivity contribution >= 4 is 40.4 Å². The third kappa shape index (κ3) is 3.33. The molecule has 2 amide bonds. The Morgan fingerprint density at radius 1 is 1.35 bits per heavy atom. The highest BCUT2D eigenvalue weighted by atomic mass is 35.5. The van der Waals surface area contributed by atoms with E-state index in [-0.39, 0.29) is 17.7 Å². The lowest BCUT2D eigenvalue weighted by molar-refractivity contribution is -0.123. The highest BCUT2D eigenvalue weighted by molar-refractivity contribution is 7.12. The standard InChI is InChI=1S/C16H15ClN2O3S/c1-22-13-5-4-11(17)7-12(13)18-15(20)10-8-19(9-10)16(21)14-3-2-6-23-14/h2-7,10H,8-9H2,1H3,(H,18,20). The Bertz CT molecular complexity index is 727. The molecule has 0 atom stereocenters. The number of rotatable bonds is 4. The quantitative estimate of drug-likeness (QED) is 0.921. The Morgan fingerprint density at radius 3 is 2.78 bits per heavy atom. The zero-order valence-electron chi connectivity index (χ0n) is 12.4. The molecule has 2 aromatic rings. The number of hydrogen-bond acceptors (Lipinski definition) is 4. The lowest BCUT2D eigenvalue weighted by atomic mass is 9.98. The number of ether oxygens (including phenoxy) is 1. The van der Waals surface area contributed by atoms with Gasteiger partial charge in [0.1, 0.15) is 5.75 Å². The number of carbonyl (C=O) groups excluding carboxylic acids is 2. The van der Waals surface area contributed by atoms with Crippen LogP contribution in [0.1, 0.15) is 9.67 Å². The SMILES string of the molecule is COc1ccc(Cl)cc1NC(=O)C1CN(C(=O)c2cccs2)C1. The summed E-state index contributed by atoms with van der Waals surface area (Å²) in [5.74, 6) is 0.168. The lowest BCUT2D eigenvalue weighted by Crippen LogP contribution is -2.54. The van der Waals surface area contributed by atoms with Gasteiger partial charge in [0, 0.05) is 18.1 Å². The average Bonchev–Trinajstić information content (AvgIpc) is 3.00. The van der Waals surface area contributed by atoms with Crippen molar-refractivity contribution < 1.29 is 14.3 Å². The van der Waals surface area contributed by atoms with Gasteiger partial charge >= 0.3 is 0 Å². The fourth-order valence-corrected chi connectivity index (χ4v) is 3.24. The van der Waals surface area contributed by atoms with E-state index in [0.717, 1.165) is 0 Å². The number of thiophene rings is 1. The Kier molecular flexibility index (Phi) is 4.54. The number of amides is 2. The van der Waals surface area contributed by atoms with Crippen LogP contribution in [0.5, 0.6) is 5.75 Å². The third-order valence-corrected chi connectivity index (χ3v) is 4.78. The molecule has 5 nitrogen and oxygen atoms in total. The minimum Gasteiger partial charge on any atom is -0.495 e. The molecule has 120 valence electrons. The zero-order chi connectivity index (χ0) is 16.4. The molecule has 0 unspecified atom stereocenters. The van der Waals surface area contributed by atoms with Crippen LogP contribution in [0.25, 0.3) is 0 Å². The maximum Gasteiger partial charge on any atom is 0.263 e. The summed E-state index contributed by atoms with van der Waals surface area (Å²) in [5.41, 5.74) is 0.535. The van der Waals surface area contributed by atoms with Crippen molar-refractivity contribution in [1.29, 1.82) is 0 Å². The van der Waals surface area contributed by atoms with Crippen LogP contribution in [0.4, 0.5) is 5.69 Å². The topological polar surface area (TPSA) is 58.6 Å². The first kappa shape index (κ1) is 15.8. The van der Waals surface area contributed by atoms with E-state index < -0.39 is 0 Å². The predicted octanol–water partition coefficient (Wildman–Crippen LogP) is 3.12. The van der Waals surface area contributed by atoms with Gasteiger partial charge in [0.05, 0.1) is 23.6 Å². The lowest BCUT2D eigenvalue weighted by Gasteiger charge is -2.38. The van der Waals surface area contributed by atoms with Gasteiger partial charge in [0.2, 0.25) is 5.91 Å². The Hall–Kier alpha value is -2.05. The monoisotopic (exact) mass is 350 g/mol. The van der Waals surface area contributed by atoms with Crippen molar-refractivity contribution in [1.82, 2.24) is 4.90 Å². The van der Waals surface area contributed by atoms with Crippen LogP contribution < -0.4 is 10.1 Å². The van der Waals surface area contributed by atoms with Crippen LogP contribution in [0.3, 0.4) is 0 Å². The molecule has 2 heterocycles.